The van der Waals surface area contributed by atoms with E-state index in [1.54, 1.807) is 10.9 Å². The van der Waals surface area contributed by atoms with Crippen LogP contribution < -0.4 is 5.73 Å². The first kappa shape index (κ1) is 9.58. The average molecular weight is 211 g/mol. The number of carbonyl (C=O) groups is 1. The standard InChI is InChI=1S/C9H13N3OS/c10-9-7(6-13)5-11-12(9)8-1-3-14-4-2-8/h5-6,8H,1-4,10H2. The Labute approximate surface area is 86.8 Å². The lowest BCUT2D eigenvalue weighted by Crippen LogP contribution is -2.18. The van der Waals surface area contributed by atoms with Gasteiger partial charge in [-0.05, 0) is 24.3 Å². The minimum Gasteiger partial charge on any atom is -0.383 e. The van der Waals surface area contributed by atoms with Crippen molar-refractivity contribution < 1.29 is 4.79 Å². The maximum absolute atomic E-state index is 10.6. The number of aromatic nitrogens is 2. The Kier molecular flexibility index (Phi) is 2.77. The van der Waals surface area contributed by atoms with Gasteiger partial charge in [0.2, 0.25) is 0 Å². The van der Waals surface area contributed by atoms with Crippen molar-refractivity contribution in [2.24, 2.45) is 0 Å². The topological polar surface area (TPSA) is 60.9 Å². The lowest BCUT2D eigenvalue weighted by molar-refractivity contribution is 0.112. The summed E-state index contributed by atoms with van der Waals surface area (Å²) in [6.07, 6.45) is 4.49. The van der Waals surface area contributed by atoms with Gasteiger partial charge in [-0.2, -0.15) is 16.9 Å². The number of nitrogens with two attached hydrogens (primary N) is 1. The Bertz CT molecular complexity index is 331. The number of nitrogen functional groups attached to an aromatic ring is 1. The highest BCUT2D eigenvalue weighted by molar-refractivity contribution is 7.99. The van der Waals surface area contributed by atoms with Crippen molar-refractivity contribution in [3.05, 3.63) is 11.8 Å². The van der Waals surface area contributed by atoms with E-state index in [0.29, 0.717) is 17.4 Å². The summed E-state index contributed by atoms with van der Waals surface area (Å²) in [5.74, 6) is 2.82. The molecule has 2 rings (SSSR count). The Morgan fingerprint density at radius 1 is 1.57 bits per heavy atom. The first-order valence-corrected chi connectivity index (χ1v) is 5.84. The number of aldehydes is 1. The van der Waals surface area contributed by atoms with E-state index in [-0.39, 0.29) is 0 Å². The van der Waals surface area contributed by atoms with Crippen LogP contribution in [0.3, 0.4) is 0 Å². The van der Waals surface area contributed by atoms with Gasteiger partial charge in [-0.15, -0.1) is 0 Å². The maximum atomic E-state index is 10.6. The molecule has 5 heteroatoms. The van der Waals surface area contributed by atoms with Crippen LogP contribution in [0.15, 0.2) is 6.20 Å². The normalized spacial score (nSPS) is 18.3. The Hall–Kier alpha value is -0.970. The van der Waals surface area contributed by atoms with Crippen molar-refractivity contribution in [1.82, 2.24) is 9.78 Å². The SMILES string of the molecule is Nc1c(C=O)cnn1C1CCSCC1. The monoisotopic (exact) mass is 211 g/mol. The van der Waals surface area contributed by atoms with E-state index in [0.717, 1.165) is 30.6 Å². The Balaban J connectivity index is 2.22. The van der Waals surface area contributed by atoms with Crippen molar-refractivity contribution in [3.63, 3.8) is 0 Å². The van der Waals surface area contributed by atoms with Gasteiger partial charge in [0.25, 0.3) is 0 Å². The zero-order valence-corrected chi connectivity index (χ0v) is 8.67. The summed E-state index contributed by atoms with van der Waals surface area (Å²) in [7, 11) is 0. The average Bonchev–Trinajstić information content (AvgIpc) is 2.61. The Morgan fingerprint density at radius 2 is 2.29 bits per heavy atom. The molecule has 0 atom stereocenters. The van der Waals surface area contributed by atoms with E-state index >= 15 is 0 Å². The van der Waals surface area contributed by atoms with Crippen LogP contribution in [0.5, 0.6) is 0 Å². The van der Waals surface area contributed by atoms with Gasteiger partial charge in [0.05, 0.1) is 17.8 Å². The molecule has 0 spiro atoms. The van der Waals surface area contributed by atoms with E-state index in [4.69, 9.17) is 5.73 Å². The highest BCUT2D eigenvalue weighted by atomic mass is 32.2. The number of anilines is 1. The second-order valence-corrected chi connectivity index (χ2v) is 4.62. The molecule has 14 heavy (non-hydrogen) atoms. The molecule has 0 unspecified atom stereocenters. The third-order valence-electron chi connectivity index (χ3n) is 2.53. The van der Waals surface area contributed by atoms with Gasteiger partial charge in [-0.1, -0.05) is 0 Å². The maximum Gasteiger partial charge on any atom is 0.155 e. The number of hydrogen-bond acceptors (Lipinski definition) is 4. The van der Waals surface area contributed by atoms with Crippen LogP contribution in [0, 0.1) is 0 Å². The first-order valence-electron chi connectivity index (χ1n) is 4.69. The van der Waals surface area contributed by atoms with E-state index < -0.39 is 0 Å². The Morgan fingerprint density at radius 3 is 2.86 bits per heavy atom. The molecule has 0 saturated carbocycles. The van der Waals surface area contributed by atoms with Crippen molar-refractivity contribution in [1.29, 1.82) is 0 Å². The zero-order chi connectivity index (χ0) is 9.97. The summed E-state index contributed by atoms with van der Waals surface area (Å²) in [6, 6.07) is 0.380. The molecule has 1 aliphatic rings. The third kappa shape index (κ3) is 1.64. The number of carbonyl (C=O) groups excluding carboxylic acids is 1. The molecule has 0 aliphatic carbocycles. The molecular weight excluding hydrogens is 198 g/mol. The molecule has 2 heterocycles. The smallest absolute Gasteiger partial charge is 0.155 e. The summed E-state index contributed by atoms with van der Waals surface area (Å²) in [5, 5.41) is 4.16. The van der Waals surface area contributed by atoms with Crippen LogP contribution >= 0.6 is 11.8 Å². The summed E-state index contributed by atoms with van der Waals surface area (Å²) in [4.78, 5) is 10.6. The van der Waals surface area contributed by atoms with Crippen molar-refractivity contribution in [2.75, 3.05) is 17.2 Å². The summed E-state index contributed by atoms with van der Waals surface area (Å²) < 4.78 is 1.80. The van der Waals surface area contributed by atoms with Gasteiger partial charge >= 0.3 is 0 Å². The van der Waals surface area contributed by atoms with E-state index in [9.17, 15) is 4.79 Å². The van der Waals surface area contributed by atoms with E-state index in [1.165, 1.54) is 0 Å². The number of hydrogen-bond donors (Lipinski definition) is 1. The molecule has 0 amide bonds. The van der Waals surface area contributed by atoms with Crippen LogP contribution in [-0.4, -0.2) is 27.6 Å². The second kappa shape index (κ2) is 4.04. The quantitative estimate of drug-likeness (QED) is 0.750. The summed E-state index contributed by atoms with van der Waals surface area (Å²) in [6.45, 7) is 0. The molecule has 1 saturated heterocycles. The molecule has 1 fully saturated rings. The molecule has 1 aromatic rings. The molecular formula is C9H13N3OS. The third-order valence-corrected chi connectivity index (χ3v) is 3.58. The summed E-state index contributed by atoms with van der Waals surface area (Å²) in [5.41, 5.74) is 6.31. The zero-order valence-electron chi connectivity index (χ0n) is 7.85. The van der Waals surface area contributed by atoms with Gasteiger partial charge < -0.3 is 5.73 Å². The van der Waals surface area contributed by atoms with Gasteiger partial charge in [0, 0.05) is 0 Å². The molecule has 0 radical (unpaired) electrons. The van der Waals surface area contributed by atoms with Crippen LogP contribution in [0.2, 0.25) is 0 Å². The lowest BCUT2D eigenvalue weighted by atomic mass is 10.1. The van der Waals surface area contributed by atoms with Crippen LogP contribution in [-0.2, 0) is 0 Å². The second-order valence-electron chi connectivity index (χ2n) is 3.39. The van der Waals surface area contributed by atoms with Crippen LogP contribution in [0.4, 0.5) is 5.82 Å². The van der Waals surface area contributed by atoms with Gasteiger partial charge in [-0.3, -0.25) is 4.79 Å². The fraction of sp³-hybridized carbons (Fsp3) is 0.556. The summed E-state index contributed by atoms with van der Waals surface area (Å²) >= 11 is 1.96. The fourth-order valence-corrected chi connectivity index (χ4v) is 2.78. The number of thioether (sulfide) groups is 1. The highest BCUT2D eigenvalue weighted by Crippen LogP contribution is 2.28. The van der Waals surface area contributed by atoms with Crippen LogP contribution in [0.1, 0.15) is 29.2 Å². The minimum atomic E-state index is 0.380. The molecule has 2 N–H and O–H groups in total. The highest BCUT2D eigenvalue weighted by Gasteiger charge is 2.19. The molecule has 1 aromatic heterocycles. The predicted octanol–water partition coefficient (Wildman–Crippen LogP) is 1.35. The van der Waals surface area contributed by atoms with Gasteiger partial charge in [0.1, 0.15) is 5.82 Å². The molecule has 4 nitrogen and oxygen atoms in total. The van der Waals surface area contributed by atoms with E-state index in [1.807, 2.05) is 11.8 Å². The number of nitrogens with zero attached hydrogens (tertiary/aromatic N) is 2. The first-order chi connectivity index (χ1) is 6.83. The van der Waals surface area contributed by atoms with Crippen LogP contribution in [0.25, 0.3) is 0 Å². The predicted molar refractivity (Wildman–Crippen MR) is 57.6 cm³/mol. The fourth-order valence-electron chi connectivity index (χ4n) is 1.70. The minimum absolute atomic E-state index is 0.380. The molecule has 1 aliphatic heterocycles. The van der Waals surface area contributed by atoms with E-state index in [2.05, 4.69) is 5.10 Å². The lowest BCUT2D eigenvalue weighted by Gasteiger charge is -2.22. The van der Waals surface area contributed by atoms with Crippen molar-refractivity contribution in [2.45, 2.75) is 18.9 Å². The largest absolute Gasteiger partial charge is 0.383 e. The molecule has 0 aromatic carbocycles. The van der Waals surface area contributed by atoms with Crippen molar-refractivity contribution in [3.8, 4) is 0 Å². The van der Waals surface area contributed by atoms with Gasteiger partial charge in [-0.25, -0.2) is 4.68 Å². The number of rotatable bonds is 2. The van der Waals surface area contributed by atoms with Crippen molar-refractivity contribution >= 4 is 23.9 Å². The molecule has 76 valence electrons. The van der Waals surface area contributed by atoms with Gasteiger partial charge in [0.15, 0.2) is 6.29 Å². The molecule has 0 bridgehead atoms.